The SMILES string of the molecule is CCC[C@H]1CC[C@H](c2ccc(C(=O)O)c(-c3ccc(COC)cc3)c2)CC1. The van der Waals surface area contributed by atoms with Crippen LogP contribution < -0.4 is 0 Å². The van der Waals surface area contributed by atoms with Gasteiger partial charge in [-0.1, -0.05) is 56.2 Å². The number of benzene rings is 2. The van der Waals surface area contributed by atoms with E-state index in [9.17, 15) is 9.90 Å². The number of hydrogen-bond donors (Lipinski definition) is 1. The fraction of sp³-hybridized carbons (Fsp3) is 0.458. The van der Waals surface area contributed by atoms with Crippen LogP contribution in [-0.2, 0) is 11.3 Å². The third-order valence-electron chi connectivity index (χ3n) is 5.87. The molecule has 3 heteroatoms. The molecule has 0 aliphatic heterocycles. The minimum absolute atomic E-state index is 0.373. The second-order valence-electron chi connectivity index (χ2n) is 7.75. The second kappa shape index (κ2) is 9.18. The number of methoxy groups -OCH3 is 1. The Hall–Kier alpha value is -2.13. The summed E-state index contributed by atoms with van der Waals surface area (Å²) in [4.78, 5) is 11.7. The van der Waals surface area contributed by atoms with Gasteiger partial charge in [-0.3, -0.25) is 0 Å². The Labute approximate surface area is 162 Å². The van der Waals surface area contributed by atoms with Crippen LogP contribution >= 0.6 is 0 Å². The molecule has 0 atom stereocenters. The summed E-state index contributed by atoms with van der Waals surface area (Å²) < 4.78 is 5.17. The second-order valence-corrected chi connectivity index (χ2v) is 7.75. The van der Waals surface area contributed by atoms with Gasteiger partial charge in [0.1, 0.15) is 0 Å². The summed E-state index contributed by atoms with van der Waals surface area (Å²) in [5.41, 5.74) is 4.51. The van der Waals surface area contributed by atoms with Gasteiger partial charge < -0.3 is 9.84 Å². The van der Waals surface area contributed by atoms with Gasteiger partial charge in [-0.05, 0) is 65.8 Å². The van der Waals surface area contributed by atoms with Crippen molar-refractivity contribution in [2.45, 2.75) is 58.0 Å². The zero-order valence-electron chi connectivity index (χ0n) is 16.4. The summed E-state index contributed by atoms with van der Waals surface area (Å²) in [7, 11) is 1.68. The molecule has 2 aromatic rings. The predicted octanol–water partition coefficient (Wildman–Crippen LogP) is 6.27. The molecule has 3 rings (SSSR count). The van der Waals surface area contributed by atoms with Crippen molar-refractivity contribution in [2.24, 2.45) is 5.92 Å². The lowest BCUT2D eigenvalue weighted by Crippen LogP contribution is -2.13. The third-order valence-corrected chi connectivity index (χ3v) is 5.87. The lowest BCUT2D eigenvalue weighted by atomic mass is 9.76. The molecule has 0 spiro atoms. The zero-order chi connectivity index (χ0) is 19.2. The lowest BCUT2D eigenvalue weighted by molar-refractivity contribution is 0.0697. The maximum absolute atomic E-state index is 11.7. The summed E-state index contributed by atoms with van der Waals surface area (Å²) in [5, 5.41) is 9.64. The van der Waals surface area contributed by atoms with E-state index in [1.807, 2.05) is 30.3 Å². The van der Waals surface area contributed by atoms with Gasteiger partial charge >= 0.3 is 5.97 Å². The maximum atomic E-state index is 11.7. The summed E-state index contributed by atoms with van der Waals surface area (Å²) in [6, 6.07) is 13.9. The monoisotopic (exact) mass is 366 g/mol. The van der Waals surface area contributed by atoms with Gasteiger partial charge in [0.15, 0.2) is 0 Å². The molecule has 1 fully saturated rings. The Morgan fingerprint density at radius 2 is 1.78 bits per heavy atom. The number of aromatic carboxylic acids is 1. The molecule has 0 unspecified atom stereocenters. The average Bonchev–Trinajstić information content (AvgIpc) is 2.69. The number of carboxylic acids is 1. The Morgan fingerprint density at radius 1 is 1.07 bits per heavy atom. The van der Waals surface area contributed by atoms with Crippen molar-refractivity contribution in [1.82, 2.24) is 0 Å². The van der Waals surface area contributed by atoms with Crippen molar-refractivity contribution < 1.29 is 14.6 Å². The van der Waals surface area contributed by atoms with Crippen LogP contribution in [0, 0.1) is 5.92 Å². The number of hydrogen-bond acceptors (Lipinski definition) is 2. The van der Waals surface area contributed by atoms with E-state index in [1.54, 1.807) is 13.2 Å². The van der Waals surface area contributed by atoms with Crippen LogP contribution in [0.3, 0.4) is 0 Å². The molecule has 144 valence electrons. The van der Waals surface area contributed by atoms with E-state index in [1.165, 1.54) is 44.1 Å². The normalized spacial score (nSPS) is 19.8. The summed E-state index contributed by atoms with van der Waals surface area (Å²) in [6.45, 7) is 2.83. The molecule has 0 aromatic heterocycles. The summed E-state index contributed by atoms with van der Waals surface area (Å²) >= 11 is 0. The highest BCUT2D eigenvalue weighted by molar-refractivity contribution is 5.96. The first-order valence-electron chi connectivity index (χ1n) is 10.1. The van der Waals surface area contributed by atoms with Gasteiger partial charge in [-0.25, -0.2) is 4.79 Å². The molecule has 1 aliphatic carbocycles. The molecular formula is C24H30O3. The van der Waals surface area contributed by atoms with E-state index in [0.29, 0.717) is 18.1 Å². The standard InChI is InChI=1S/C24H30O3/c1-3-4-17-5-9-19(10-6-17)21-13-14-22(24(25)26)23(15-21)20-11-7-18(8-12-20)16-27-2/h7-8,11-15,17,19H,3-6,9-10,16H2,1-2H3,(H,25,26)/t17-,19-. The van der Waals surface area contributed by atoms with Gasteiger partial charge in [0, 0.05) is 7.11 Å². The number of rotatable bonds is 7. The first-order valence-corrected chi connectivity index (χ1v) is 10.1. The molecule has 3 nitrogen and oxygen atoms in total. The summed E-state index contributed by atoms with van der Waals surface area (Å²) in [6.07, 6.45) is 7.61. The van der Waals surface area contributed by atoms with Crippen molar-refractivity contribution >= 4 is 5.97 Å². The highest BCUT2D eigenvalue weighted by Gasteiger charge is 2.23. The molecule has 1 saturated carbocycles. The quantitative estimate of drug-likeness (QED) is 0.628. The fourth-order valence-corrected chi connectivity index (χ4v) is 4.38. The van der Waals surface area contributed by atoms with Crippen molar-refractivity contribution in [3.05, 3.63) is 59.2 Å². The third kappa shape index (κ3) is 4.78. The Bertz CT molecular complexity index is 756. The predicted molar refractivity (Wildman–Crippen MR) is 109 cm³/mol. The molecule has 0 saturated heterocycles. The van der Waals surface area contributed by atoms with E-state index < -0.39 is 5.97 Å². The topological polar surface area (TPSA) is 46.5 Å². The van der Waals surface area contributed by atoms with Crippen LogP contribution in [0.25, 0.3) is 11.1 Å². The van der Waals surface area contributed by atoms with Crippen molar-refractivity contribution in [1.29, 1.82) is 0 Å². The van der Waals surface area contributed by atoms with Crippen LogP contribution in [-0.4, -0.2) is 18.2 Å². The number of ether oxygens (including phenoxy) is 1. The maximum Gasteiger partial charge on any atom is 0.336 e. The Morgan fingerprint density at radius 3 is 2.37 bits per heavy atom. The van der Waals surface area contributed by atoms with Gasteiger partial charge in [-0.15, -0.1) is 0 Å². The van der Waals surface area contributed by atoms with Gasteiger partial charge in [0.25, 0.3) is 0 Å². The van der Waals surface area contributed by atoms with Gasteiger partial charge in [-0.2, -0.15) is 0 Å². The van der Waals surface area contributed by atoms with Gasteiger partial charge in [0.2, 0.25) is 0 Å². The molecular weight excluding hydrogens is 336 g/mol. The summed E-state index contributed by atoms with van der Waals surface area (Å²) in [5.74, 6) is 0.550. The van der Waals surface area contributed by atoms with Crippen molar-refractivity contribution in [3.63, 3.8) is 0 Å². The van der Waals surface area contributed by atoms with Crippen LogP contribution in [0.15, 0.2) is 42.5 Å². The Kier molecular flexibility index (Phi) is 6.68. The number of carbonyl (C=O) groups is 1. The van der Waals surface area contributed by atoms with Crippen LogP contribution in [0.1, 0.15) is 72.9 Å². The average molecular weight is 367 g/mol. The molecule has 0 radical (unpaired) electrons. The minimum atomic E-state index is -0.871. The van der Waals surface area contributed by atoms with E-state index >= 15 is 0 Å². The van der Waals surface area contributed by atoms with E-state index in [2.05, 4.69) is 13.0 Å². The largest absolute Gasteiger partial charge is 0.478 e. The highest BCUT2D eigenvalue weighted by Crippen LogP contribution is 2.39. The zero-order valence-corrected chi connectivity index (χ0v) is 16.4. The molecule has 1 N–H and O–H groups in total. The molecule has 2 aromatic carbocycles. The van der Waals surface area contributed by atoms with Crippen LogP contribution in [0.2, 0.25) is 0 Å². The molecule has 0 amide bonds. The van der Waals surface area contributed by atoms with Crippen LogP contribution in [0.5, 0.6) is 0 Å². The molecule has 0 heterocycles. The van der Waals surface area contributed by atoms with Crippen LogP contribution in [0.4, 0.5) is 0 Å². The van der Waals surface area contributed by atoms with E-state index in [4.69, 9.17) is 4.74 Å². The lowest BCUT2D eigenvalue weighted by Gasteiger charge is -2.29. The minimum Gasteiger partial charge on any atom is -0.478 e. The first-order chi connectivity index (χ1) is 13.1. The Balaban J connectivity index is 1.86. The van der Waals surface area contributed by atoms with E-state index in [0.717, 1.165) is 22.6 Å². The van der Waals surface area contributed by atoms with Crippen molar-refractivity contribution in [2.75, 3.05) is 7.11 Å². The fourth-order valence-electron chi connectivity index (χ4n) is 4.38. The molecule has 27 heavy (non-hydrogen) atoms. The smallest absolute Gasteiger partial charge is 0.336 e. The number of carboxylic acid groups (broad SMARTS) is 1. The molecule has 0 bridgehead atoms. The highest BCUT2D eigenvalue weighted by atomic mass is 16.5. The first kappa shape index (κ1) is 19.6. The molecule has 1 aliphatic rings. The van der Waals surface area contributed by atoms with E-state index in [-0.39, 0.29) is 0 Å². The van der Waals surface area contributed by atoms with Crippen molar-refractivity contribution in [3.8, 4) is 11.1 Å². The van der Waals surface area contributed by atoms with Gasteiger partial charge in [0.05, 0.1) is 12.2 Å².